The van der Waals surface area contributed by atoms with Crippen LogP contribution in [-0.4, -0.2) is 42.1 Å². The number of sulfone groups is 1. The topological polar surface area (TPSA) is 61.8 Å². The molecule has 0 aliphatic heterocycles. The standard InChI is InChI=1S/C10H24O5SSi/c1-6-9-17(13-7-2,14-8-3)15-10(4)16(5,11)12/h10H,6-9H2,1-5H3. The Morgan fingerprint density at radius 3 is 1.88 bits per heavy atom. The first-order valence-electron chi connectivity index (χ1n) is 5.95. The van der Waals surface area contributed by atoms with Crippen LogP contribution in [0.3, 0.4) is 0 Å². The fraction of sp³-hybridized carbons (Fsp3) is 1.00. The van der Waals surface area contributed by atoms with Crippen LogP contribution in [0.4, 0.5) is 0 Å². The first kappa shape index (κ1) is 17.0. The SMILES string of the molecule is CCC[Si](OCC)(OCC)OC(C)S(C)(=O)=O. The van der Waals surface area contributed by atoms with Crippen LogP contribution in [-0.2, 0) is 23.1 Å². The molecule has 0 spiro atoms. The van der Waals surface area contributed by atoms with E-state index in [0.717, 1.165) is 12.7 Å². The van der Waals surface area contributed by atoms with Crippen molar-refractivity contribution in [3.05, 3.63) is 0 Å². The van der Waals surface area contributed by atoms with Crippen LogP contribution in [0.1, 0.15) is 34.1 Å². The molecule has 17 heavy (non-hydrogen) atoms. The summed E-state index contributed by atoms with van der Waals surface area (Å²) in [7, 11) is -6.09. The van der Waals surface area contributed by atoms with Crippen molar-refractivity contribution in [2.45, 2.75) is 45.6 Å². The van der Waals surface area contributed by atoms with Gasteiger partial charge in [0.15, 0.2) is 9.84 Å². The van der Waals surface area contributed by atoms with E-state index in [1.165, 1.54) is 6.92 Å². The van der Waals surface area contributed by atoms with Gasteiger partial charge in [-0.2, -0.15) is 0 Å². The van der Waals surface area contributed by atoms with E-state index in [9.17, 15) is 8.42 Å². The van der Waals surface area contributed by atoms with Gasteiger partial charge in [-0.3, -0.25) is 0 Å². The highest BCUT2D eigenvalue weighted by molar-refractivity contribution is 7.91. The fourth-order valence-electron chi connectivity index (χ4n) is 1.40. The second-order valence-electron chi connectivity index (χ2n) is 3.81. The Balaban J connectivity index is 4.88. The molecule has 0 aromatic rings. The van der Waals surface area contributed by atoms with E-state index in [1.54, 1.807) is 0 Å². The van der Waals surface area contributed by atoms with Crippen molar-refractivity contribution in [2.75, 3.05) is 19.5 Å². The summed E-state index contributed by atoms with van der Waals surface area (Å²) in [5.41, 5.74) is -0.890. The Kier molecular flexibility index (Phi) is 7.50. The minimum Gasteiger partial charge on any atom is -0.374 e. The third-order valence-corrected chi connectivity index (χ3v) is 6.99. The van der Waals surface area contributed by atoms with Gasteiger partial charge in [0.25, 0.3) is 0 Å². The molecule has 1 unspecified atom stereocenters. The second-order valence-corrected chi connectivity index (χ2v) is 8.82. The Bertz CT molecular complexity index is 287. The summed E-state index contributed by atoms with van der Waals surface area (Å²) < 4.78 is 39.7. The smallest absolute Gasteiger partial charge is 0.374 e. The van der Waals surface area contributed by atoms with Gasteiger partial charge in [-0.05, 0) is 20.8 Å². The lowest BCUT2D eigenvalue weighted by molar-refractivity contribution is 0.0601. The lowest BCUT2D eigenvalue weighted by Gasteiger charge is -2.30. The highest BCUT2D eigenvalue weighted by Crippen LogP contribution is 2.21. The molecule has 7 heteroatoms. The maximum atomic E-state index is 11.4. The van der Waals surface area contributed by atoms with Crippen LogP contribution in [0, 0.1) is 0 Å². The van der Waals surface area contributed by atoms with Crippen molar-refractivity contribution in [3.8, 4) is 0 Å². The van der Waals surface area contributed by atoms with Crippen LogP contribution in [0.15, 0.2) is 0 Å². The summed E-state index contributed by atoms with van der Waals surface area (Å²) in [4.78, 5) is 0. The quantitative estimate of drug-likeness (QED) is 0.604. The molecular formula is C10H24O5SSi. The maximum absolute atomic E-state index is 11.4. The van der Waals surface area contributed by atoms with Gasteiger partial charge >= 0.3 is 8.80 Å². The molecule has 0 radical (unpaired) electrons. The van der Waals surface area contributed by atoms with E-state index < -0.39 is 24.1 Å². The van der Waals surface area contributed by atoms with E-state index >= 15 is 0 Å². The summed E-state index contributed by atoms with van der Waals surface area (Å²) in [5.74, 6) is 0. The van der Waals surface area contributed by atoms with Gasteiger partial charge in [0.2, 0.25) is 0 Å². The highest BCUT2D eigenvalue weighted by atomic mass is 32.2. The molecule has 0 rings (SSSR count). The van der Waals surface area contributed by atoms with Crippen molar-refractivity contribution in [1.29, 1.82) is 0 Å². The zero-order chi connectivity index (χ0) is 13.5. The second kappa shape index (κ2) is 7.47. The lowest BCUT2D eigenvalue weighted by Crippen LogP contribution is -2.49. The molecule has 0 N–H and O–H groups in total. The zero-order valence-electron chi connectivity index (χ0n) is 11.4. The molecule has 0 aromatic carbocycles. The fourth-order valence-corrected chi connectivity index (χ4v) is 5.16. The Morgan fingerprint density at radius 2 is 1.59 bits per heavy atom. The van der Waals surface area contributed by atoms with Gasteiger partial charge in [0.05, 0.1) is 0 Å². The van der Waals surface area contributed by atoms with Crippen LogP contribution in [0.5, 0.6) is 0 Å². The predicted octanol–water partition coefficient (Wildman–Crippen LogP) is 1.82. The van der Waals surface area contributed by atoms with Crippen LogP contribution < -0.4 is 0 Å². The summed E-state index contributed by atoms with van der Waals surface area (Å²) in [5, 5.41) is 0. The third kappa shape index (κ3) is 5.96. The molecule has 0 saturated heterocycles. The highest BCUT2D eigenvalue weighted by Gasteiger charge is 2.43. The molecule has 0 aromatic heterocycles. The Morgan fingerprint density at radius 1 is 1.12 bits per heavy atom. The molecule has 0 fully saturated rings. The van der Waals surface area contributed by atoms with Crippen molar-refractivity contribution in [2.24, 2.45) is 0 Å². The molecule has 0 heterocycles. The summed E-state index contributed by atoms with van der Waals surface area (Å²) >= 11 is 0. The number of hydrogen-bond acceptors (Lipinski definition) is 5. The van der Waals surface area contributed by atoms with Gasteiger partial charge in [0.1, 0.15) is 5.44 Å². The minimum atomic E-state index is -3.24. The van der Waals surface area contributed by atoms with E-state index in [2.05, 4.69) is 0 Å². The summed E-state index contributed by atoms with van der Waals surface area (Å²) in [6, 6.07) is 0.633. The van der Waals surface area contributed by atoms with Gasteiger partial charge in [-0.1, -0.05) is 13.3 Å². The van der Waals surface area contributed by atoms with Crippen molar-refractivity contribution >= 4 is 18.6 Å². The molecule has 104 valence electrons. The first-order chi connectivity index (χ1) is 7.81. The predicted molar refractivity (Wildman–Crippen MR) is 69.5 cm³/mol. The molecule has 0 amide bonds. The van der Waals surface area contributed by atoms with Crippen LogP contribution in [0.25, 0.3) is 0 Å². The molecule has 0 aliphatic rings. The van der Waals surface area contributed by atoms with E-state index in [1.807, 2.05) is 20.8 Å². The van der Waals surface area contributed by atoms with Gasteiger partial charge in [-0.15, -0.1) is 0 Å². The van der Waals surface area contributed by atoms with Crippen LogP contribution in [0.2, 0.25) is 6.04 Å². The largest absolute Gasteiger partial charge is 0.501 e. The molecule has 1 atom stereocenters. The summed E-state index contributed by atoms with van der Waals surface area (Å²) in [6.45, 7) is 8.14. The van der Waals surface area contributed by atoms with E-state index in [4.69, 9.17) is 13.3 Å². The first-order valence-corrected chi connectivity index (χ1v) is 9.84. The van der Waals surface area contributed by atoms with Crippen molar-refractivity contribution < 1.29 is 21.7 Å². The zero-order valence-corrected chi connectivity index (χ0v) is 13.2. The average molecular weight is 284 g/mol. The molecule has 5 nitrogen and oxygen atoms in total. The van der Waals surface area contributed by atoms with E-state index in [0.29, 0.717) is 19.3 Å². The lowest BCUT2D eigenvalue weighted by atomic mass is 10.6. The van der Waals surface area contributed by atoms with Crippen molar-refractivity contribution in [1.82, 2.24) is 0 Å². The molecule has 0 bridgehead atoms. The van der Waals surface area contributed by atoms with E-state index in [-0.39, 0.29) is 0 Å². The van der Waals surface area contributed by atoms with Gasteiger partial charge in [0, 0.05) is 25.5 Å². The molecule has 0 aliphatic carbocycles. The maximum Gasteiger partial charge on any atom is 0.501 e. The molecule has 0 saturated carbocycles. The average Bonchev–Trinajstić information content (AvgIpc) is 2.17. The monoisotopic (exact) mass is 284 g/mol. The van der Waals surface area contributed by atoms with Crippen molar-refractivity contribution in [3.63, 3.8) is 0 Å². The number of hydrogen-bond donors (Lipinski definition) is 0. The molecular weight excluding hydrogens is 260 g/mol. The summed E-state index contributed by atoms with van der Waals surface area (Å²) in [6.07, 6.45) is 1.99. The van der Waals surface area contributed by atoms with Crippen LogP contribution >= 0.6 is 0 Å². The minimum absolute atomic E-state index is 0.461. The normalized spacial score (nSPS) is 14.9. The Labute approximate surface area is 106 Å². The Hall–Kier alpha value is 0.0469. The van der Waals surface area contributed by atoms with Gasteiger partial charge < -0.3 is 13.3 Å². The number of rotatable bonds is 9. The van der Waals surface area contributed by atoms with Gasteiger partial charge in [-0.25, -0.2) is 8.42 Å². The third-order valence-electron chi connectivity index (χ3n) is 2.23.